The lowest BCUT2D eigenvalue weighted by atomic mass is 10.3. The number of hydrogen-bond donors (Lipinski definition) is 1. The Hall–Kier alpha value is -1.60. The first-order chi connectivity index (χ1) is 8.56. The van der Waals surface area contributed by atoms with Crippen molar-refractivity contribution in [2.24, 2.45) is 5.73 Å². The Labute approximate surface area is 116 Å². The Morgan fingerprint density at radius 1 is 1.33 bits per heavy atom. The van der Waals surface area contributed by atoms with Gasteiger partial charge < -0.3 is 10.5 Å². The number of benzene rings is 1. The Bertz CT molecular complexity index is 591. The largest absolute Gasteiger partial charge is 0.437 e. The van der Waals surface area contributed by atoms with Crippen LogP contribution in [0, 0.1) is 5.82 Å². The van der Waals surface area contributed by atoms with E-state index >= 15 is 0 Å². The average molecular weight is 328 g/mol. The number of hydrogen-bond acceptors (Lipinski definition) is 4. The number of ether oxygens (including phenoxy) is 1. The normalized spacial score (nSPS) is 10.1. The van der Waals surface area contributed by atoms with Gasteiger partial charge in [0.15, 0.2) is 0 Å². The summed E-state index contributed by atoms with van der Waals surface area (Å²) in [5.74, 6) is 0.144. The van der Waals surface area contributed by atoms with Gasteiger partial charge in [0, 0.05) is 6.07 Å². The summed E-state index contributed by atoms with van der Waals surface area (Å²) in [6.07, 6.45) is 2.77. The third-order valence-corrected chi connectivity index (χ3v) is 2.85. The van der Waals surface area contributed by atoms with Crippen molar-refractivity contribution in [3.05, 3.63) is 46.6 Å². The topological polar surface area (TPSA) is 61.0 Å². The minimum Gasteiger partial charge on any atom is -0.437 e. The van der Waals surface area contributed by atoms with Crippen LogP contribution in [0.1, 0.15) is 5.69 Å². The van der Waals surface area contributed by atoms with Gasteiger partial charge in [0.1, 0.15) is 22.2 Å². The van der Waals surface area contributed by atoms with Crippen molar-refractivity contribution >= 4 is 33.1 Å². The minimum atomic E-state index is -0.416. The van der Waals surface area contributed by atoms with E-state index in [1.165, 1.54) is 18.5 Å². The molecule has 0 aliphatic rings. The lowest BCUT2D eigenvalue weighted by Crippen LogP contribution is -2.11. The quantitative estimate of drug-likeness (QED) is 0.878. The summed E-state index contributed by atoms with van der Waals surface area (Å²) in [5.41, 5.74) is 5.79. The summed E-state index contributed by atoms with van der Waals surface area (Å²) in [6, 6.07) is 4.39. The first-order valence-electron chi connectivity index (χ1n) is 4.81. The predicted molar refractivity (Wildman–Crippen MR) is 72.1 cm³/mol. The predicted octanol–water partition coefficient (Wildman–Crippen LogP) is 2.80. The second-order valence-electron chi connectivity index (χ2n) is 3.28. The van der Waals surface area contributed by atoms with Gasteiger partial charge in [0.05, 0.1) is 16.9 Å². The van der Waals surface area contributed by atoms with E-state index in [2.05, 4.69) is 25.9 Å². The molecule has 0 saturated heterocycles. The molecule has 0 bridgehead atoms. The van der Waals surface area contributed by atoms with E-state index in [1.807, 2.05) is 0 Å². The molecule has 0 spiro atoms. The van der Waals surface area contributed by atoms with Crippen LogP contribution in [0.15, 0.2) is 35.1 Å². The van der Waals surface area contributed by atoms with E-state index < -0.39 is 5.82 Å². The van der Waals surface area contributed by atoms with E-state index in [-0.39, 0.29) is 10.9 Å². The average Bonchev–Trinajstić information content (AvgIpc) is 2.34. The fourth-order valence-corrected chi connectivity index (χ4v) is 1.51. The van der Waals surface area contributed by atoms with Gasteiger partial charge in [-0.05, 0) is 28.1 Å². The highest BCUT2D eigenvalue weighted by molar-refractivity contribution is 9.10. The van der Waals surface area contributed by atoms with E-state index in [1.54, 1.807) is 12.1 Å². The van der Waals surface area contributed by atoms with Gasteiger partial charge in [-0.15, -0.1) is 0 Å². The Kier molecular flexibility index (Phi) is 3.83. The number of halogens is 2. The molecule has 1 aromatic heterocycles. The van der Waals surface area contributed by atoms with Crippen molar-refractivity contribution in [2.75, 3.05) is 0 Å². The van der Waals surface area contributed by atoms with Crippen molar-refractivity contribution in [1.29, 1.82) is 0 Å². The zero-order chi connectivity index (χ0) is 13.1. The van der Waals surface area contributed by atoms with Crippen LogP contribution in [-0.4, -0.2) is 15.0 Å². The van der Waals surface area contributed by atoms with Gasteiger partial charge in [-0.25, -0.2) is 14.4 Å². The first kappa shape index (κ1) is 12.8. The molecule has 2 N–H and O–H groups in total. The smallest absolute Gasteiger partial charge is 0.237 e. The standard InChI is InChI=1S/C11H7BrFN3OS/c12-7-2-1-6(3-8(7)13)17-10-5-15-9(4-16-10)11(14)18/h1-5H,(H2,14,18). The maximum Gasteiger partial charge on any atom is 0.237 e. The van der Waals surface area contributed by atoms with Gasteiger partial charge >= 0.3 is 0 Å². The number of nitrogens with zero attached hydrogens (tertiary/aromatic N) is 2. The lowest BCUT2D eigenvalue weighted by molar-refractivity contribution is 0.455. The molecule has 0 unspecified atom stereocenters. The van der Waals surface area contributed by atoms with Crippen molar-refractivity contribution < 1.29 is 9.13 Å². The highest BCUT2D eigenvalue weighted by atomic mass is 79.9. The molecule has 0 fully saturated rings. The second-order valence-corrected chi connectivity index (χ2v) is 4.58. The molecule has 0 radical (unpaired) electrons. The molecule has 18 heavy (non-hydrogen) atoms. The number of rotatable bonds is 3. The van der Waals surface area contributed by atoms with Gasteiger partial charge in [0.25, 0.3) is 0 Å². The van der Waals surface area contributed by atoms with Crippen molar-refractivity contribution in [3.8, 4) is 11.6 Å². The summed E-state index contributed by atoms with van der Waals surface area (Å²) in [7, 11) is 0. The van der Waals surface area contributed by atoms with Gasteiger partial charge in [-0.3, -0.25) is 0 Å². The zero-order valence-electron chi connectivity index (χ0n) is 8.93. The van der Waals surface area contributed by atoms with Crippen LogP contribution in [-0.2, 0) is 0 Å². The van der Waals surface area contributed by atoms with Crippen molar-refractivity contribution in [1.82, 2.24) is 9.97 Å². The Morgan fingerprint density at radius 3 is 2.67 bits per heavy atom. The molecule has 4 nitrogen and oxygen atoms in total. The van der Waals surface area contributed by atoms with Crippen LogP contribution in [0.4, 0.5) is 4.39 Å². The van der Waals surface area contributed by atoms with Gasteiger partial charge in [-0.2, -0.15) is 0 Å². The number of nitrogens with two attached hydrogens (primary N) is 1. The minimum absolute atomic E-state index is 0.156. The Morgan fingerprint density at radius 2 is 2.11 bits per heavy atom. The summed E-state index contributed by atoms with van der Waals surface area (Å²) >= 11 is 7.80. The molecule has 0 aliphatic heterocycles. The first-order valence-corrected chi connectivity index (χ1v) is 6.01. The molecule has 2 aromatic rings. The van der Waals surface area contributed by atoms with E-state index in [4.69, 9.17) is 22.7 Å². The molecule has 0 saturated carbocycles. The van der Waals surface area contributed by atoms with E-state index in [0.29, 0.717) is 15.9 Å². The lowest BCUT2D eigenvalue weighted by Gasteiger charge is -2.05. The monoisotopic (exact) mass is 327 g/mol. The maximum atomic E-state index is 13.3. The SMILES string of the molecule is NC(=S)c1cnc(Oc2ccc(Br)c(F)c2)cn1. The molecular weight excluding hydrogens is 321 g/mol. The molecule has 1 heterocycles. The molecule has 7 heteroatoms. The fourth-order valence-electron chi connectivity index (χ4n) is 1.16. The number of thiocarbonyl (C=S) groups is 1. The van der Waals surface area contributed by atoms with E-state index in [0.717, 1.165) is 0 Å². The summed E-state index contributed by atoms with van der Waals surface area (Å²) in [5, 5.41) is 0. The molecule has 2 rings (SSSR count). The highest BCUT2D eigenvalue weighted by Crippen LogP contribution is 2.24. The summed E-state index contributed by atoms with van der Waals surface area (Å²) < 4.78 is 19.0. The van der Waals surface area contributed by atoms with Gasteiger partial charge in [-0.1, -0.05) is 12.2 Å². The molecule has 0 atom stereocenters. The Balaban J connectivity index is 2.18. The van der Waals surface area contributed by atoms with Crippen LogP contribution in [0.25, 0.3) is 0 Å². The van der Waals surface area contributed by atoms with Crippen LogP contribution in [0.2, 0.25) is 0 Å². The van der Waals surface area contributed by atoms with Crippen LogP contribution >= 0.6 is 28.1 Å². The molecule has 0 aliphatic carbocycles. The maximum absolute atomic E-state index is 13.3. The van der Waals surface area contributed by atoms with E-state index in [9.17, 15) is 4.39 Å². The van der Waals surface area contributed by atoms with Crippen LogP contribution in [0.5, 0.6) is 11.6 Å². The van der Waals surface area contributed by atoms with Crippen LogP contribution in [0.3, 0.4) is 0 Å². The fraction of sp³-hybridized carbons (Fsp3) is 0. The molecule has 92 valence electrons. The van der Waals surface area contributed by atoms with Crippen LogP contribution < -0.4 is 10.5 Å². The van der Waals surface area contributed by atoms with Crippen molar-refractivity contribution in [2.45, 2.75) is 0 Å². The van der Waals surface area contributed by atoms with Gasteiger partial charge in [0.2, 0.25) is 5.88 Å². The molecule has 0 amide bonds. The number of aromatic nitrogens is 2. The summed E-state index contributed by atoms with van der Waals surface area (Å²) in [4.78, 5) is 8.07. The van der Waals surface area contributed by atoms with Crippen molar-refractivity contribution in [3.63, 3.8) is 0 Å². The molecule has 1 aromatic carbocycles. The summed E-state index contributed by atoms with van der Waals surface area (Å²) in [6.45, 7) is 0. The molecular formula is C11H7BrFN3OS. The zero-order valence-corrected chi connectivity index (χ0v) is 11.3. The second kappa shape index (κ2) is 5.36. The highest BCUT2D eigenvalue weighted by Gasteiger charge is 2.05. The third-order valence-electron chi connectivity index (χ3n) is 1.99. The third kappa shape index (κ3) is 2.99.